The average molecular weight is 549 g/mol. The number of nitrogens with zero attached hydrogens (tertiary/aromatic N) is 4. The van der Waals surface area contributed by atoms with Gasteiger partial charge in [-0.1, -0.05) is 36.2 Å². The molecule has 1 unspecified atom stereocenters. The molecule has 5 rings (SSSR count). The summed E-state index contributed by atoms with van der Waals surface area (Å²) in [5, 5.41) is 6.44. The predicted octanol–water partition coefficient (Wildman–Crippen LogP) is 3.65. The average Bonchev–Trinajstić information content (AvgIpc) is 3.40. The molecule has 2 heterocycles. The molecule has 214 valence electrons. The second-order valence-electron chi connectivity index (χ2n) is 10.8. The van der Waals surface area contributed by atoms with E-state index in [2.05, 4.69) is 29.2 Å². The number of carbonyl (C=O) groups is 2. The second-order valence-corrected chi connectivity index (χ2v) is 10.8. The van der Waals surface area contributed by atoms with Crippen LogP contribution in [0.2, 0.25) is 0 Å². The Labute approximate surface area is 236 Å². The van der Waals surface area contributed by atoms with Gasteiger partial charge in [0.15, 0.2) is 0 Å². The van der Waals surface area contributed by atoms with E-state index in [9.17, 15) is 9.59 Å². The molecule has 0 N–H and O–H groups in total. The maximum absolute atomic E-state index is 14.0. The number of ether oxygens (including phenoxy) is 3. The molecule has 2 aromatic carbocycles. The molecule has 40 heavy (non-hydrogen) atoms. The van der Waals surface area contributed by atoms with Crippen LogP contribution in [0, 0.1) is 12.8 Å². The van der Waals surface area contributed by atoms with E-state index in [1.54, 1.807) is 24.1 Å². The third kappa shape index (κ3) is 6.31. The Balaban J connectivity index is 1.40. The maximum atomic E-state index is 14.0. The summed E-state index contributed by atoms with van der Waals surface area (Å²) in [6.45, 7) is 6.40. The highest BCUT2D eigenvalue weighted by atomic mass is 16.5. The zero-order valence-corrected chi connectivity index (χ0v) is 23.8. The monoisotopic (exact) mass is 548 g/mol. The lowest BCUT2D eigenvalue weighted by atomic mass is 9.84. The number of hydrazone groups is 1. The number of carbonyl (C=O) groups excluding carboxylic acids is 2. The van der Waals surface area contributed by atoms with Crippen molar-refractivity contribution in [2.45, 2.75) is 38.6 Å². The van der Waals surface area contributed by atoms with Crippen LogP contribution in [0.3, 0.4) is 0 Å². The first-order valence-electron chi connectivity index (χ1n) is 14.2. The van der Waals surface area contributed by atoms with Crippen LogP contribution in [0.1, 0.15) is 48.4 Å². The molecule has 1 aliphatic carbocycles. The molecule has 0 bridgehead atoms. The van der Waals surface area contributed by atoms with Gasteiger partial charge in [-0.2, -0.15) is 5.10 Å². The molecular weight excluding hydrogens is 508 g/mol. The number of methoxy groups -OCH3 is 2. The highest BCUT2D eigenvalue weighted by Gasteiger charge is 2.37. The van der Waals surface area contributed by atoms with Crippen LogP contribution < -0.4 is 9.47 Å². The minimum atomic E-state index is -0.269. The van der Waals surface area contributed by atoms with Crippen molar-refractivity contribution >= 4 is 17.5 Å². The lowest BCUT2D eigenvalue weighted by molar-refractivity contribution is -0.145. The van der Waals surface area contributed by atoms with Gasteiger partial charge in [0, 0.05) is 50.1 Å². The number of hydrogen-bond acceptors (Lipinski definition) is 7. The SMILES string of the molecule is COc1ccc(C2=NN(C(=O)CN(CCN3CCOCC3)C(=O)C3CCC3)C(c3ccc(C)cc3)C2)c(OC)c1. The fourth-order valence-electron chi connectivity index (χ4n) is 5.49. The maximum Gasteiger partial charge on any atom is 0.262 e. The minimum Gasteiger partial charge on any atom is -0.497 e. The Hall–Kier alpha value is -3.43. The molecule has 2 aromatic rings. The van der Waals surface area contributed by atoms with Crippen molar-refractivity contribution in [3.63, 3.8) is 0 Å². The van der Waals surface area contributed by atoms with Crippen molar-refractivity contribution in [2.24, 2.45) is 11.0 Å². The molecule has 1 saturated carbocycles. The molecule has 1 atom stereocenters. The summed E-state index contributed by atoms with van der Waals surface area (Å²) < 4.78 is 16.5. The Morgan fingerprint density at radius 3 is 2.45 bits per heavy atom. The smallest absolute Gasteiger partial charge is 0.262 e. The molecule has 9 nitrogen and oxygen atoms in total. The lowest BCUT2D eigenvalue weighted by Crippen LogP contribution is -2.49. The van der Waals surface area contributed by atoms with Gasteiger partial charge in [-0.15, -0.1) is 0 Å². The van der Waals surface area contributed by atoms with Crippen LogP contribution in [0.15, 0.2) is 47.6 Å². The molecule has 0 spiro atoms. The van der Waals surface area contributed by atoms with Crippen LogP contribution in [0.5, 0.6) is 11.5 Å². The van der Waals surface area contributed by atoms with Crippen LogP contribution in [-0.2, 0) is 14.3 Å². The first-order valence-corrected chi connectivity index (χ1v) is 14.2. The quantitative estimate of drug-likeness (QED) is 0.451. The molecule has 2 amide bonds. The molecule has 0 radical (unpaired) electrons. The van der Waals surface area contributed by atoms with Crippen LogP contribution in [0.25, 0.3) is 0 Å². The van der Waals surface area contributed by atoms with Gasteiger partial charge in [-0.05, 0) is 37.5 Å². The van der Waals surface area contributed by atoms with E-state index < -0.39 is 0 Å². The minimum absolute atomic E-state index is 0.0125. The number of amides is 2. The van der Waals surface area contributed by atoms with Crippen molar-refractivity contribution in [1.82, 2.24) is 14.8 Å². The summed E-state index contributed by atoms with van der Waals surface area (Å²) in [5.41, 5.74) is 3.75. The lowest BCUT2D eigenvalue weighted by Gasteiger charge is -2.34. The molecule has 3 aliphatic rings. The Morgan fingerprint density at radius 1 is 1.05 bits per heavy atom. The molecule has 1 saturated heterocycles. The van der Waals surface area contributed by atoms with Crippen molar-refractivity contribution in [2.75, 3.05) is 60.2 Å². The van der Waals surface area contributed by atoms with E-state index in [4.69, 9.17) is 19.3 Å². The van der Waals surface area contributed by atoms with Gasteiger partial charge in [-0.3, -0.25) is 14.5 Å². The fourth-order valence-corrected chi connectivity index (χ4v) is 5.49. The van der Waals surface area contributed by atoms with Crippen LogP contribution in [0.4, 0.5) is 0 Å². The number of rotatable bonds is 10. The van der Waals surface area contributed by atoms with Gasteiger partial charge >= 0.3 is 0 Å². The molecular formula is C31H40N4O5. The first kappa shape index (κ1) is 28.1. The second kappa shape index (κ2) is 12.8. The standard InChI is InChI=1S/C31H40N4O5/c1-22-7-9-23(10-8-22)28-20-27(26-12-11-25(38-2)19-29(26)39-3)32-35(28)30(36)21-34(31(37)24-5-4-6-24)14-13-33-15-17-40-18-16-33/h7-12,19,24,28H,4-6,13-18,20-21H2,1-3H3. The zero-order chi connectivity index (χ0) is 28.1. The fraction of sp³-hybridized carbons (Fsp3) is 0.516. The van der Waals surface area contributed by atoms with Crippen molar-refractivity contribution in [1.29, 1.82) is 0 Å². The van der Waals surface area contributed by atoms with Gasteiger partial charge in [0.1, 0.15) is 18.0 Å². The molecule has 2 fully saturated rings. The zero-order valence-electron chi connectivity index (χ0n) is 23.8. The van der Waals surface area contributed by atoms with Crippen LogP contribution >= 0.6 is 0 Å². The van der Waals surface area contributed by atoms with Gasteiger partial charge in [0.25, 0.3) is 5.91 Å². The molecule has 0 aromatic heterocycles. The summed E-state index contributed by atoms with van der Waals surface area (Å²) in [7, 11) is 3.23. The number of aryl methyl sites for hydroxylation is 1. The summed E-state index contributed by atoms with van der Waals surface area (Å²) in [6.07, 6.45) is 3.41. The van der Waals surface area contributed by atoms with E-state index in [-0.39, 0.29) is 30.3 Å². The Bertz CT molecular complexity index is 1220. The summed E-state index contributed by atoms with van der Waals surface area (Å²) in [6, 6.07) is 13.6. The summed E-state index contributed by atoms with van der Waals surface area (Å²) in [4.78, 5) is 31.4. The van der Waals surface area contributed by atoms with Gasteiger partial charge in [0.05, 0.1) is 39.2 Å². The molecule has 9 heteroatoms. The third-order valence-corrected chi connectivity index (χ3v) is 8.23. The first-order chi connectivity index (χ1) is 19.5. The van der Waals surface area contributed by atoms with Crippen molar-refractivity contribution in [3.8, 4) is 11.5 Å². The topological polar surface area (TPSA) is 83.9 Å². The van der Waals surface area contributed by atoms with Crippen molar-refractivity contribution < 1.29 is 23.8 Å². The number of morpholine rings is 1. The number of benzene rings is 2. The largest absolute Gasteiger partial charge is 0.497 e. The third-order valence-electron chi connectivity index (χ3n) is 8.23. The van der Waals surface area contributed by atoms with Crippen LogP contribution in [-0.4, -0.2) is 92.5 Å². The van der Waals surface area contributed by atoms with E-state index in [1.165, 1.54) is 0 Å². The van der Waals surface area contributed by atoms with Gasteiger partial charge in [0.2, 0.25) is 5.91 Å². The van der Waals surface area contributed by atoms with E-state index >= 15 is 0 Å². The molecule has 2 aliphatic heterocycles. The van der Waals surface area contributed by atoms with E-state index in [0.29, 0.717) is 37.7 Å². The highest BCUT2D eigenvalue weighted by molar-refractivity contribution is 6.05. The summed E-state index contributed by atoms with van der Waals surface area (Å²) >= 11 is 0. The van der Waals surface area contributed by atoms with E-state index in [1.807, 2.05) is 25.1 Å². The highest BCUT2D eigenvalue weighted by Crippen LogP contribution is 2.36. The van der Waals surface area contributed by atoms with Gasteiger partial charge in [-0.25, -0.2) is 5.01 Å². The number of hydrogen-bond donors (Lipinski definition) is 0. The Morgan fingerprint density at radius 2 is 1.80 bits per heavy atom. The normalized spacial score (nSPS) is 19.6. The Kier molecular flexibility index (Phi) is 9.01. The summed E-state index contributed by atoms with van der Waals surface area (Å²) in [5.74, 6) is 1.25. The van der Waals surface area contributed by atoms with E-state index in [0.717, 1.165) is 61.3 Å². The van der Waals surface area contributed by atoms with Crippen molar-refractivity contribution in [3.05, 3.63) is 59.2 Å². The van der Waals surface area contributed by atoms with Gasteiger partial charge < -0.3 is 19.1 Å². The predicted molar refractivity (Wildman–Crippen MR) is 153 cm³/mol.